The van der Waals surface area contributed by atoms with Gasteiger partial charge in [0.05, 0.1) is 6.54 Å². The van der Waals surface area contributed by atoms with Crippen molar-refractivity contribution in [3.63, 3.8) is 0 Å². The van der Waals surface area contributed by atoms with Crippen molar-refractivity contribution >= 4 is 11.6 Å². The molecular weight excluding hydrogens is 304 g/mol. The van der Waals surface area contributed by atoms with Crippen molar-refractivity contribution in [2.45, 2.75) is 19.4 Å². The van der Waals surface area contributed by atoms with Crippen molar-refractivity contribution < 1.29 is 9.80 Å². The molecule has 122 valence electrons. The molecule has 1 aliphatic rings. The molecule has 0 aromatic heterocycles. The molecule has 2 N–H and O–H groups in total. The molecule has 1 fully saturated rings. The predicted octanol–water partition coefficient (Wildman–Crippen LogP) is 1.26. The van der Waals surface area contributed by atoms with Crippen molar-refractivity contribution in [3.8, 4) is 0 Å². The Morgan fingerprint density at radius 3 is 2.09 bits per heavy atom. The Labute approximate surface area is 144 Å². The van der Waals surface area contributed by atoms with E-state index in [1.54, 1.807) is 9.80 Å². The van der Waals surface area contributed by atoms with E-state index in [0.717, 1.165) is 11.6 Å². The Kier molecular flexibility index (Phi) is 6.09. The molecule has 0 amide bonds. The highest BCUT2D eigenvalue weighted by atomic mass is 35.5. The maximum absolute atomic E-state index is 5.96. The second kappa shape index (κ2) is 8.49. The van der Waals surface area contributed by atoms with E-state index in [-0.39, 0.29) is 0 Å². The molecule has 0 radical (unpaired) electrons. The summed E-state index contributed by atoms with van der Waals surface area (Å²) in [6.45, 7) is 7.61. The highest BCUT2D eigenvalue weighted by Crippen LogP contribution is 2.08. The number of hydrogen-bond donors (Lipinski definition) is 2. The van der Waals surface area contributed by atoms with Gasteiger partial charge in [0.15, 0.2) is 0 Å². The zero-order chi connectivity index (χ0) is 15.9. The van der Waals surface area contributed by atoms with Crippen LogP contribution in [0.15, 0.2) is 54.6 Å². The summed E-state index contributed by atoms with van der Waals surface area (Å²) in [6, 6.07) is 19.2. The molecule has 2 nitrogen and oxygen atoms in total. The summed E-state index contributed by atoms with van der Waals surface area (Å²) >= 11 is 5.96. The number of quaternary nitrogens is 2. The first-order valence-electron chi connectivity index (χ1n) is 8.75. The summed E-state index contributed by atoms with van der Waals surface area (Å²) in [5.41, 5.74) is 2.87. The summed E-state index contributed by atoms with van der Waals surface area (Å²) in [4.78, 5) is 3.49. The van der Waals surface area contributed by atoms with E-state index in [9.17, 15) is 0 Å². The van der Waals surface area contributed by atoms with Crippen LogP contribution in [0.2, 0.25) is 5.02 Å². The van der Waals surface area contributed by atoms with Gasteiger partial charge in [0, 0.05) is 17.0 Å². The molecule has 0 atom stereocenters. The molecular formula is C20H27ClN2+2. The molecule has 0 bridgehead atoms. The highest BCUT2D eigenvalue weighted by molar-refractivity contribution is 6.30. The Morgan fingerprint density at radius 2 is 1.39 bits per heavy atom. The Bertz CT molecular complexity index is 574. The van der Waals surface area contributed by atoms with Crippen LogP contribution in [-0.2, 0) is 13.0 Å². The van der Waals surface area contributed by atoms with Crippen molar-refractivity contribution in [3.05, 3.63) is 70.7 Å². The lowest BCUT2D eigenvalue weighted by Crippen LogP contribution is -3.27. The van der Waals surface area contributed by atoms with Gasteiger partial charge >= 0.3 is 0 Å². The molecule has 2 aromatic rings. The van der Waals surface area contributed by atoms with Crippen molar-refractivity contribution in [2.75, 3.05) is 32.7 Å². The molecule has 23 heavy (non-hydrogen) atoms. The number of benzene rings is 2. The molecule has 3 heteroatoms. The number of piperazine rings is 1. The van der Waals surface area contributed by atoms with Crippen LogP contribution < -0.4 is 9.80 Å². The molecule has 1 aliphatic heterocycles. The van der Waals surface area contributed by atoms with Crippen molar-refractivity contribution in [2.24, 2.45) is 0 Å². The Balaban J connectivity index is 1.36. The van der Waals surface area contributed by atoms with E-state index in [1.807, 2.05) is 12.1 Å². The van der Waals surface area contributed by atoms with Gasteiger partial charge in [-0.1, -0.05) is 54.1 Å². The molecule has 0 saturated carbocycles. The molecule has 1 heterocycles. The third-order valence-electron chi connectivity index (χ3n) is 4.87. The smallest absolute Gasteiger partial charge is 0.127 e. The minimum Gasteiger partial charge on any atom is -0.326 e. The van der Waals surface area contributed by atoms with Crippen LogP contribution in [-0.4, -0.2) is 32.7 Å². The van der Waals surface area contributed by atoms with Gasteiger partial charge in [-0.25, -0.2) is 0 Å². The van der Waals surface area contributed by atoms with Gasteiger partial charge < -0.3 is 9.80 Å². The van der Waals surface area contributed by atoms with Gasteiger partial charge in [-0.15, -0.1) is 0 Å². The second-order valence-corrected chi connectivity index (χ2v) is 7.08. The van der Waals surface area contributed by atoms with Gasteiger partial charge in [-0.2, -0.15) is 0 Å². The summed E-state index contributed by atoms with van der Waals surface area (Å²) in [7, 11) is 0. The second-order valence-electron chi connectivity index (χ2n) is 6.64. The number of nitrogens with one attached hydrogen (secondary N) is 2. The fourth-order valence-electron chi connectivity index (χ4n) is 3.46. The van der Waals surface area contributed by atoms with Crippen LogP contribution in [0, 0.1) is 0 Å². The summed E-state index contributed by atoms with van der Waals surface area (Å²) in [5.74, 6) is 0. The van der Waals surface area contributed by atoms with E-state index in [1.165, 1.54) is 56.7 Å². The van der Waals surface area contributed by atoms with Crippen LogP contribution in [0.4, 0.5) is 0 Å². The molecule has 2 aromatic carbocycles. The summed E-state index contributed by atoms with van der Waals surface area (Å²) < 4.78 is 0. The van der Waals surface area contributed by atoms with Crippen LogP contribution >= 0.6 is 11.6 Å². The largest absolute Gasteiger partial charge is 0.326 e. The monoisotopic (exact) mass is 330 g/mol. The highest BCUT2D eigenvalue weighted by Gasteiger charge is 2.22. The molecule has 0 spiro atoms. The van der Waals surface area contributed by atoms with Crippen molar-refractivity contribution in [1.29, 1.82) is 0 Å². The minimum atomic E-state index is 0.830. The SMILES string of the molecule is Clc1ccc(C[NH+]2CC[NH+](CCCc3ccccc3)CC2)cc1. The predicted molar refractivity (Wildman–Crippen MR) is 96.2 cm³/mol. The topological polar surface area (TPSA) is 8.88 Å². The minimum absolute atomic E-state index is 0.830. The van der Waals surface area contributed by atoms with Gasteiger partial charge in [0.2, 0.25) is 0 Å². The lowest BCUT2D eigenvalue weighted by Gasteiger charge is -2.29. The molecule has 1 saturated heterocycles. The lowest BCUT2D eigenvalue weighted by atomic mass is 10.1. The quantitative estimate of drug-likeness (QED) is 0.789. The average Bonchev–Trinajstić information content (AvgIpc) is 2.59. The first kappa shape index (κ1) is 16.5. The fraction of sp³-hybridized carbons (Fsp3) is 0.400. The average molecular weight is 331 g/mol. The maximum atomic E-state index is 5.96. The standard InChI is InChI=1S/C20H25ClN2/c21-20-10-8-19(9-11-20)17-23-15-13-22(14-16-23)12-4-7-18-5-2-1-3-6-18/h1-3,5-6,8-11H,4,7,12-17H2/p+2. The van der Waals surface area contributed by atoms with Crippen LogP contribution in [0.25, 0.3) is 0 Å². The third-order valence-corrected chi connectivity index (χ3v) is 5.12. The van der Waals surface area contributed by atoms with Gasteiger partial charge in [0.25, 0.3) is 0 Å². The summed E-state index contributed by atoms with van der Waals surface area (Å²) in [5, 5.41) is 0.830. The van der Waals surface area contributed by atoms with Gasteiger partial charge in [0.1, 0.15) is 32.7 Å². The van der Waals surface area contributed by atoms with Crippen LogP contribution in [0.1, 0.15) is 17.5 Å². The first-order chi connectivity index (χ1) is 11.3. The maximum Gasteiger partial charge on any atom is 0.127 e. The zero-order valence-electron chi connectivity index (χ0n) is 13.7. The lowest BCUT2D eigenvalue weighted by molar-refractivity contribution is -1.02. The van der Waals surface area contributed by atoms with Gasteiger partial charge in [-0.3, -0.25) is 0 Å². The number of hydrogen-bond acceptors (Lipinski definition) is 0. The molecule has 0 aliphatic carbocycles. The van der Waals surface area contributed by atoms with Crippen molar-refractivity contribution in [1.82, 2.24) is 0 Å². The van der Waals surface area contributed by atoms with E-state index in [2.05, 4.69) is 42.5 Å². The number of halogens is 1. The normalized spacial score (nSPS) is 21.3. The first-order valence-corrected chi connectivity index (χ1v) is 9.13. The van der Waals surface area contributed by atoms with E-state index < -0.39 is 0 Å². The summed E-state index contributed by atoms with van der Waals surface area (Å²) in [6.07, 6.45) is 2.51. The van der Waals surface area contributed by atoms with Crippen LogP contribution in [0.3, 0.4) is 0 Å². The Hall–Kier alpha value is -1.35. The molecule has 0 unspecified atom stereocenters. The van der Waals surface area contributed by atoms with Crippen LogP contribution in [0.5, 0.6) is 0 Å². The van der Waals surface area contributed by atoms with Gasteiger partial charge in [-0.05, 0) is 24.1 Å². The molecule has 3 rings (SSSR count). The van der Waals surface area contributed by atoms with E-state index in [0.29, 0.717) is 0 Å². The number of aryl methyl sites for hydroxylation is 1. The fourth-order valence-corrected chi connectivity index (χ4v) is 3.59. The Morgan fingerprint density at radius 1 is 0.739 bits per heavy atom. The van der Waals surface area contributed by atoms with E-state index >= 15 is 0 Å². The third kappa shape index (κ3) is 5.35. The number of rotatable bonds is 6. The zero-order valence-corrected chi connectivity index (χ0v) is 14.5. The van der Waals surface area contributed by atoms with E-state index in [4.69, 9.17) is 11.6 Å².